The van der Waals surface area contributed by atoms with Crippen molar-refractivity contribution in [3.8, 4) is 5.75 Å². The van der Waals surface area contributed by atoms with Crippen molar-refractivity contribution in [2.75, 3.05) is 6.61 Å². The molecule has 0 fully saturated rings. The summed E-state index contributed by atoms with van der Waals surface area (Å²) in [4.78, 5) is 17.3. The Morgan fingerprint density at radius 2 is 1.77 bits per heavy atom. The zero-order valence-corrected chi connectivity index (χ0v) is 17.4. The minimum atomic E-state index is -0.112. The van der Waals surface area contributed by atoms with E-state index in [9.17, 15) is 4.79 Å². The maximum atomic E-state index is 12.6. The molecule has 1 heterocycles. The highest BCUT2D eigenvalue weighted by Gasteiger charge is 2.13. The lowest BCUT2D eigenvalue weighted by molar-refractivity contribution is 0.0949. The van der Waals surface area contributed by atoms with Crippen molar-refractivity contribution in [3.63, 3.8) is 0 Å². The van der Waals surface area contributed by atoms with Gasteiger partial charge >= 0.3 is 0 Å². The van der Waals surface area contributed by atoms with Gasteiger partial charge < -0.3 is 14.6 Å². The molecule has 0 atom stereocenters. The first-order valence-electron chi connectivity index (χ1n) is 9.79. The number of para-hydroxylation sites is 3. The summed E-state index contributed by atoms with van der Waals surface area (Å²) in [6.07, 6.45) is 0. The van der Waals surface area contributed by atoms with Crippen LogP contribution < -0.4 is 10.1 Å². The summed E-state index contributed by atoms with van der Waals surface area (Å²) in [5.41, 5.74) is 3.50. The average molecular weight is 420 g/mol. The highest BCUT2D eigenvalue weighted by atomic mass is 35.5. The standard InChI is InChI=1S/C24H22ClN3O2/c1-17-8-2-3-9-18(17)24(29)26-16-23-27-20-11-5-6-12-21(20)28(23)14-15-30-22-13-7-4-10-19(22)25/h2-13H,14-16H2,1H3,(H,26,29). The third-order valence-electron chi connectivity index (χ3n) is 4.94. The van der Waals surface area contributed by atoms with E-state index in [1.54, 1.807) is 6.07 Å². The van der Waals surface area contributed by atoms with Gasteiger partial charge in [-0.25, -0.2) is 4.98 Å². The highest BCUT2D eigenvalue weighted by Crippen LogP contribution is 2.23. The van der Waals surface area contributed by atoms with Crippen LogP contribution in [0, 0.1) is 6.92 Å². The van der Waals surface area contributed by atoms with Gasteiger partial charge in [0, 0.05) is 5.56 Å². The van der Waals surface area contributed by atoms with Crippen molar-refractivity contribution in [1.29, 1.82) is 0 Å². The summed E-state index contributed by atoms with van der Waals surface area (Å²) in [5, 5.41) is 3.57. The Hall–Kier alpha value is -3.31. The first kappa shape index (κ1) is 20.0. The number of hydrogen-bond acceptors (Lipinski definition) is 3. The first-order chi connectivity index (χ1) is 14.6. The van der Waals surface area contributed by atoms with Gasteiger partial charge in [-0.15, -0.1) is 0 Å². The van der Waals surface area contributed by atoms with Gasteiger partial charge in [0.2, 0.25) is 0 Å². The number of hydrogen-bond donors (Lipinski definition) is 1. The van der Waals surface area contributed by atoms with Crippen LogP contribution in [0.1, 0.15) is 21.7 Å². The molecule has 30 heavy (non-hydrogen) atoms. The SMILES string of the molecule is Cc1ccccc1C(=O)NCc1nc2ccccc2n1CCOc1ccccc1Cl. The van der Waals surface area contributed by atoms with Crippen molar-refractivity contribution in [1.82, 2.24) is 14.9 Å². The van der Waals surface area contributed by atoms with E-state index >= 15 is 0 Å². The number of nitrogens with zero attached hydrogens (tertiary/aromatic N) is 2. The van der Waals surface area contributed by atoms with Crippen LogP contribution in [0.4, 0.5) is 0 Å². The fourth-order valence-electron chi connectivity index (χ4n) is 3.40. The normalized spacial score (nSPS) is 10.9. The van der Waals surface area contributed by atoms with Crippen molar-refractivity contribution < 1.29 is 9.53 Å². The molecule has 0 spiro atoms. The molecule has 3 aromatic carbocycles. The summed E-state index contributed by atoms with van der Waals surface area (Å²) in [5.74, 6) is 1.32. The minimum Gasteiger partial charge on any atom is -0.490 e. The van der Waals surface area contributed by atoms with Crippen LogP contribution in [0.5, 0.6) is 5.75 Å². The summed E-state index contributed by atoms with van der Waals surface area (Å²) in [6.45, 7) is 3.27. The second kappa shape index (κ2) is 9.01. The molecule has 0 aliphatic rings. The summed E-state index contributed by atoms with van der Waals surface area (Å²) in [7, 11) is 0. The topological polar surface area (TPSA) is 56.2 Å². The lowest BCUT2D eigenvalue weighted by Gasteiger charge is -2.12. The Morgan fingerprint density at radius 1 is 1.03 bits per heavy atom. The van der Waals surface area contributed by atoms with Gasteiger partial charge in [0.25, 0.3) is 5.91 Å². The quantitative estimate of drug-likeness (QED) is 0.458. The van der Waals surface area contributed by atoms with Gasteiger partial charge in [0.05, 0.1) is 29.1 Å². The summed E-state index contributed by atoms with van der Waals surface area (Å²) < 4.78 is 7.93. The molecule has 4 rings (SSSR count). The molecule has 0 saturated heterocycles. The number of rotatable bonds is 7. The van der Waals surface area contributed by atoms with Gasteiger partial charge in [-0.05, 0) is 42.8 Å². The Labute approximate surface area is 180 Å². The molecular formula is C24H22ClN3O2. The fraction of sp³-hybridized carbons (Fsp3) is 0.167. The maximum absolute atomic E-state index is 12.6. The lowest BCUT2D eigenvalue weighted by Crippen LogP contribution is -2.26. The molecule has 1 amide bonds. The Morgan fingerprint density at radius 3 is 2.60 bits per heavy atom. The number of amides is 1. The molecule has 1 aromatic heterocycles. The van der Waals surface area contributed by atoms with Crippen LogP contribution >= 0.6 is 11.6 Å². The average Bonchev–Trinajstić information content (AvgIpc) is 3.11. The monoisotopic (exact) mass is 419 g/mol. The molecule has 0 unspecified atom stereocenters. The van der Waals surface area contributed by atoms with Gasteiger partial charge in [-0.1, -0.05) is 54.1 Å². The van der Waals surface area contributed by atoms with Crippen molar-refractivity contribution in [2.45, 2.75) is 20.0 Å². The molecule has 6 heteroatoms. The Kier molecular flexibility index (Phi) is 6.00. The van der Waals surface area contributed by atoms with E-state index in [1.807, 2.05) is 73.7 Å². The largest absolute Gasteiger partial charge is 0.490 e. The molecular weight excluding hydrogens is 398 g/mol. The first-order valence-corrected chi connectivity index (χ1v) is 10.2. The molecule has 0 bridgehead atoms. The molecule has 0 radical (unpaired) electrons. The second-order valence-electron chi connectivity index (χ2n) is 6.94. The number of carbonyl (C=O) groups excluding carboxylic acids is 1. The zero-order chi connectivity index (χ0) is 20.9. The molecule has 0 aliphatic carbocycles. The van der Waals surface area contributed by atoms with E-state index in [0.29, 0.717) is 36.0 Å². The van der Waals surface area contributed by atoms with Gasteiger partial charge in [-0.3, -0.25) is 4.79 Å². The summed E-state index contributed by atoms with van der Waals surface area (Å²) >= 11 is 6.18. The van der Waals surface area contributed by atoms with Gasteiger partial charge in [0.1, 0.15) is 18.2 Å². The predicted molar refractivity (Wildman–Crippen MR) is 119 cm³/mol. The number of fused-ring (bicyclic) bond motifs is 1. The number of aromatic nitrogens is 2. The van der Waals surface area contributed by atoms with E-state index < -0.39 is 0 Å². The van der Waals surface area contributed by atoms with Crippen LogP contribution in [0.2, 0.25) is 5.02 Å². The summed E-state index contributed by atoms with van der Waals surface area (Å²) in [6, 6.07) is 22.9. The van der Waals surface area contributed by atoms with Crippen molar-refractivity contribution in [3.05, 3.63) is 94.8 Å². The maximum Gasteiger partial charge on any atom is 0.251 e. The highest BCUT2D eigenvalue weighted by molar-refractivity contribution is 6.32. The van der Waals surface area contributed by atoms with Crippen LogP contribution in [0.3, 0.4) is 0 Å². The van der Waals surface area contributed by atoms with E-state index in [2.05, 4.69) is 9.88 Å². The molecule has 4 aromatic rings. The third kappa shape index (κ3) is 4.31. The number of benzene rings is 3. The third-order valence-corrected chi connectivity index (χ3v) is 5.25. The number of aryl methyl sites for hydroxylation is 1. The number of carbonyl (C=O) groups is 1. The molecule has 1 N–H and O–H groups in total. The molecule has 0 aliphatic heterocycles. The zero-order valence-electron chi connectivity index (χ0n) is 16.6. The van der Waals surface area contributed by atoms with Crippen molar-refractivity contribution >= 4 is 28.5 Å². The number of imidazole rings is 1. The van der Waals surface area contributed by atoms with E-state index in [1.165, 1.54) is 0 Å². The molecule has 5 nitrogen and oxygen atoms in total. The second-order valence-corrected chi connectivity index (χ2v) is 7.35. The van der Waals surface area contributed by atoms with E-state index in [-0.39, 0.29) is 5.91 Å². The predicted octanol–water partition coefficient (Wildman–Crippen LogP) is 5.01. The molecule has 152 valence electrons. The van der Waals surface area contributed by atoms with Crippen LogP contribution in [-0.4, -0.2) is 22.1 Å². The van der Waals surface area contributed by atoms with E-state index in [0.717, 1.165) is 22.4 Å². The Bertz CT molecular complexity index is 1190. The fourth-order valence-corrected chi connectivity index (χ4v) is 3.59. The van der Waals surface area contributed by atoms with Crippen LogP contribution in [-0.2, 0) is 13.1 Å². The van der Waals surface area contributed by atoms with Crippen molar-refractivity contribution in [2.24, 2.45) is 0 Å². The number of nitrogens with one attached hydrogen (secondary N) is 1. The minimum absolute atomic E-state index is 0.112. The smallest absolute Gasteiger partial charge is 0.251 e. The van der Waals surface area contributed by atoms with Gasteiger partial charge in [-0.2, -0.15) is 0 Å². The Balaban J connectivity index is 1.51. The number of halogens is 1. The number of ether oxygens (including phenoxy) is 1. The van der Waals surface area contributed by atoms with E-state index in [4.69, 9.17) is 21.3 Å². The van der Waals surface area contributed by atoms with Gasteiger partial charge in [0.15, 0.2) is 0 Å². The molecule has 0 saturated carbocycles. The lowest BCUT2D eigenvalue weighted by atomic mass is 10.1. The van der Waals surface area contributed by atoms with Crippen LogP contribution in [0.25, 0.3) is 11.0 Å². The van der Waals surface area contributed by atoms with Crippen LogP contribution in [0.15, 0.2) is 72.8 Å².